The van der Waals surface area contributed by atoms with E-state index in [2.05, 4.69) is 20.2 Å². The Morgan fingerprint density at radius 2 is 2.21 bits per heavy atom. The average Bonchev–Trinajstić information content (AvgIpc) is 2.26. The van der Waals surface area contributed by atoms with Crippen molar-refractivity contribution in [3.63, 3.8) is 0 Å². The van der Waals surface area contributed by atoms with E-state index in [4.69, 9.17) is 5.73 Å². The first-order chi connectivity index (χ1) is 6.74. The predicted octanol–water partition coefficient (Wildman–Crippen LogP) is 0.968. The van der Waals surface area contributed by atoms with Gasteiger partial charge in [-0.1, -0.05) is 6.92 Å². The summed E-state index contributed by atoms with van der Waals surface area (Å²) in [5.41, 5.74) is 7.11. The summed E-state index contributed by atoms with van der Waals surface area (Å²) in [6.45, 7) is 3.90. The SMILES string of the molecule is CC/C(C)=N/N=C(\N)c1cnccn1. The first kappa shape index (κ1) is 10.3. The normalized spacial score (nSPS) is 13.0. The fraction of sp³-hybridized carbons (Fsp3) is 0.333. The molecule has 0 radical (unpaired) electrons. The minimum Gasteiger partial charge on any atom is -0.380 e. The van der Waals surface area contributed by atoms with Gasteiger partial charge < -0.3 is 5.73 Å². The second-order valence-electron chi connectivity index (χ2n) is 2.76. The van der Waals surface area contributed by atoms with Crippen LogP contribution in [0.3, 0.4) is 0 Å². The van der Waals surface area contributed by atoms with Gasteiger partial charge in [0.2, 0.25) is 0 Å². The molecule has 1 heterocycles. The summed E-state index contributed by atoms with van der Waals surface area (Å²) in [5, 5.41) is 7.78. The summed E-state index contributed by atoms with van der Waals surface area (Å²) in [6.07, 6.45) is 5.55. The Bertz CT molecular complexity index is 341. The van der Waals surface area contributed by atoms with Crippen molar-refractivity contribution in [2.24, 2.45) is 15.9 Å². The van der Waals surface area contributed by atoms with Crippen LogP contribution in [-0.2, 0) is 0 Å². The molecule has 0 aliphatic heterocycles. The number of nitrogens with two attached hydrogens (primary N) is 1. The third-order valence-corrected chi connectivity index (χ3v) is 1.67. The van der Waals surface area contributed by atoms with E-state index in [1.165, 1.54) is 0 Å². The summed E-state index contributed by atoms with van der Waals surface area (Å²) in [4.78, 5) is 7.88. The molecule has 0 aliphatic carbocycles. The van der Waals surface area contributed by atoms with Gasteiger partial charge in [-0.15, -0.1) is 5.10 Å². The van der Waals surface area contributed by atoms with E-state index < -0.39 is 0 Å². The van der Waals surface area contributed by atoms with Crippen molar-refractivity contribution in [3.8, 4) is 0 Å². The highest BCUT2D eigenvalue weighted by Crippen LogP contribution is 1.91. The Hall–Kier alpha value is -1.78. The highest BCUT2D eigenvalue weighted by Gasteiger charge is 1.97. The molecule has 0 fully saturated rings. The van der Waals surface area contributed by atoms with Crippen LogP contribution < -0.4 is 5.73 Å². The molecule has 14 heavy (non-hydrogen) atoms. The van der Waals surface area contributed by atoms with E-state index in [1.54, 1.807) is 18.6 Å². The van der Waals surface area contributed by atoms with Crippen molar-refractivity contribution in [1.29, 1.82) is 0 Å². The third-order valence-electron chi connectivity index (χ3n) is 1.67. The van der Waals surface area contributed by atoms with Crippen molar-refractivity contribution in [2.75, 3.05) is 0 Å². The molecule has 74 valence electrons. The van der Waals surface area contributed by atoms with Crippen molar-refractivity contribution in [2.45, 2.75) is 20.3 Å². The summed E-state index contributed by atoms with van der Waals surface area (Å²) >= 11 is 0. The number of rotatable bonds is 3. The molecule has 1 aromatic heterocycles. The second kappa shape index (κ2) is 5.06. The monoisotopic (exact) mass is 191 g/mol. The van der Waals surface area contributed by atoms with Gasteiger partial charge in [-0.2, -0.15) is 5.10 Å². The molecule has 0 aromatic carbocycles. The smallest absolute Gasteiger partial charge is 0.173 e. The van der Waals surface area contributed by atoms with Crippen molar-refractivity contribution in [3.05, 3.63) is 24.3 Å². The van der Waals surface area contributed by atoms with Gasteiger partial charge in [0.05, 0.1) is 6.20 Å². The molecule has 0 spiro atoms. The average molecular weight is 191 g/mol. The van der Waals surface area contributed by atoms with Crippen molar-refractivity contribution < 1.29 is 0 Å². The second-order valence-corrected chi connectivity index (χ2v) is 2.76. The van der Waals surface area contributed by atoms with Crippen LogP contribution >= 0.6 is 0 Å². The van der Waals surface area contributed by atoms with E-state index in [-0.39, 0.29) is 5.84 Å². The van der Waals surface area contributed by atoms with E-state index in [9.17, 15) is 0 Å². The van der Waals surface area contributed by atoms with Crippen LogP contribution in [0.2, 0.25) is 0 Å². The van der Waals surface area contributed by atoms with Crippen LogP contribution in [0.1, 0.15) is 26.0 Å². The first-order valence-corrected chi connectivity index (χ1v) is 4.37. The Morgan fingerprint density at radius 1 is 1.43 bits per heavy atom. The lowest BCUT2D eigenvalue weighted by molar-refractivity contribution is 1.12. The van der Waals surface area contributed by atoms with Crippen LogP contribution in [0.4, 0.5) is 0 Å². The van der Waals surface area contributed by atoms with E-state index in [0.717, 1.165) is 12.1 Å². The van der Waals surface area contributed by atoms with Gasteiger partial charge in [0, 0.05) is 18.1 Å². The largest absolute Gasteiger partial charge is 0.380 e. The summed E-state index contributed by atoms with van der Waals surface area (Å²) in [7, 11) is 0. The maximum Gasteiger partial charge on any atom is 0.173 e. The van der Waals surface area contributed by atoms with Crippen LogP contribution in [0.15, 0.2) is 28.8 Å². The summed E-state index contributed by atoms with van der Waals surface area (Å²) in [6, 6.07) is 0. The molecule has 1 aromatic rings. The van der Waals surface area contributed by atoms with Gasteiger partial charge in [0.1, 0.15) is 5.69 Å². The zero-order valence-electron chi connectivity index (χ0n) is 8.31. The molecule has 5 nitrogen and oxygen atoms in total. The molecular weight excluding hydrogens is 178 g/mol. The Morgan fingerprint density at radius 3 is 2.79 bits per heavy atom. The van der Waals surface area contributed by atoms with Crippen LogP contribution in [0.25, 0.3) is 0 Å². The first-order valence-electron chi connectivity index (χ1n) is 4.37. The molecule has 1 rings (SSSR count). The highest BCUT2D eigenvalue weighted by atomic mass is 15.2. The molecule has 2 N–H and O–H groups in total. The van der Waals surface area contributed by atoms with E-state index in [1.807, 2.05) is 13.8 Å². The van der Waals surface area contributed by atoms with Crippen LogP contribution in [-0.4, -0.2) is 21.5 Å². The van der Waals surface area contributed by atoms with Crippen molar-refractivity contribution in [1.82, 2.24) is 9.97 Å². The molecule has 0 atom stereocenters. The van der Waals surface area contributed by atoms with Gasteiger partial charge in [-0.25, -0.2) is 4.98 Å². The maximum absolute atomic E-state index is 5.64. The lowest BCUT2D eigenvalue weighted by Crippen LogP contribution is -2.14. The number of aromatic nitrogens is 2. The van der Waals surface area contributed by atoms with Gasteiger partial charge in [0.25, 0.3) is 0 Å². The highest BCUT2D eigenvalue weighted by molar-refractivity contribution is 5.95. The van der Waals surface area contributed by atoms with Gasteiger partial charge in [-0.05, 0) is 13.3 Å². The van der Waals surface area contributed by atoms with E-state index >= 15 is 0 Å². The van der Waals surface area contributed by atoms with Gasteiger partial charge in [-0.3, -0.25) is 4.98 Å². The van der Waals surface area contributed by atoms with E-state index in [0.29, 0.717) is 5.69 Å². The minimum atomic E-state index is 0.283. The molecular formula is C9H13N5. The minimum absolute atomic E-state index is 0.283. The molecule has 0 aliphatic rings. The number of nitrogens with zero attached hydrogens (tertiary/aromatic N) is 4. The number of hydrogen-bond donors (Lipinski definition) is 1. The Labute approximate surface area is 82.8 Å². The topological polar surface area (TPSA) is 76.5 Å². The van der Waals surface area contributed by atoms with Gasteiger partial charge in [0.15, 0.2) is 5.84 Å². The quantitative estimate of drug-likeness (QED) is 0.439. The van der Waals surface area contributed by atoms with Crippen molar-refractivity contribution >= 4 is 11.5 Å². The molecule has 0 saturated heterocycles. The van der Waals surface area contributed by atoms with Crippen LogP contribution in [0, 0.1) is 0 Å². The molecule has 5 heteroatoms. The summed E-state index contributed by atoms with van der Waals surface area (Å²) < 4.78 is 0. The van der Waals surface area contributed by atoms with Crippen LogP contribution in [0.5, 0.6) is 0 Å². The zero-order valence-corrected chi connectivity index (χ0v) is 8.31. The lowest BCUT2D eigenvalue weighted by atomic mass is 10.3. The fourth-order valence-corrected chi connectivity index (χ4v) is 0.693. The number of amidine groups is 1. The molecule has 0 unspecified atom stereocenters. The van der Waals surface area contributed by atoms with Gasteiger partial charge >= 0.3 is 0 Å². The molecule has 0 bridgehead atoms. The number of hydrogen-bond acceptors (Lipinski definition) is 4. The molecule has 0 saturated carbocycles. The third kappa shape index (κ3) is 2.93. The fourth-order valence-electron chi connectivity index (χ4n) is 0.693. The Balaban J connectivity index is 2.81. The predicted molar refractivity (Wildman–Crippen MR) is 56.2 cm³/mol. The lowest BCUT2D eigenvalue weighted by Gasteiger charge is -1.95. The summed E-state index contributed by atoms with van der Waals surface area (Å²) in [5.74, 6) is 0.283. The standard InChI is InChI=1S/C9H13N5/c1-3-7(2)13-14-9(10)8-6-11-4-5-12-8/h4-6H,3H2,1-2H3,(H2,10,14)/b13-7+. The Kier molecular flexibility index (Phi) is 3.72. The maximum atomic E-state index is 5.64. The molecule has 0 amide bonds. The zero-order chi connectivity index (χ0) is 10.4.